The van der Waals surface area contributed by atoms with E-state index in [0.29, 0.717) is 17.8 Å². The highest BCUT2D eigenvalue weighted by Crippen LogP contribution is 2.19. The first-order chi connectivity index (χ1) is 7.10. The van der Waals surface area contributed by atoms with Crippen LogP contribution in [0.5, 0.6) is 0 Å². The minimum Gasteiger partial charge on any atom is -0.339 e. The summed E-state index contributed by atoms with van der Waals surface area (Å²) in [7, 11) is 0. The Morgan fingerprint density at radius 1 is 1.33 bits per heavy atom. The maximum Gasteiger partial charge on any atom is 0.266 e. The minimum absolute atomic E-state index is 0.179. The van der Waals surface area contributed by atoms with E-state index < -0.39 is 0 Å². The van der Waals surface area contributed by atoms with Gasteiger partial charge in [0.15, 0.2) is 0 Å². The molecular formula is C10H20N4O. The van der Waals surface area contributed by atoms with Gasteiger partial charge in [-0.05, 0) is 24.9 Å². The lowest BCUT2D eigenvalue weighted by Crippen LogP contribution is -2.23. The van der Waals surface area contributed by atoms with E-state index >= 15 is 0 Å². The van der Waals surface area contributed by atoms with E-state index in [2.05, 4.69) is 24.0 Å². The van der Waals surface area contributed by atoms with E-state index in [1.807, 2.05) is 18.7 Å². The van der Waals surface area contributed by atoms with E-state index in [-0.39, 0.29) is 6.04 Å². The van der Waals surface area contributed by atoms with E-state index in [0.717, 1.165) is 13.1 Å². The van der Waals surface area contributed by atoms with Crippen LogP contribution in [-0.2, 0) is 0 Å². The van der Waals surface area contributed by atoms with Gasteiger partial charge in [0.1, 0.15) is 0 Å². The highest BCUT2D eigenvalue weighted by atomic mass is 16.5. The molecule has 0 aromatic carbocycles. The fourth-order valence-corrected chi connectivity index (χ4v) is 1.28. The third kappa shape index (κ3) is 2.68. The summed E-state index contributed by atoms with van der Waals surface area (Å²) >= 11 is 0. The Bertz CT molecular complexity index is 277. The number of hydrogen-bond acceptors (Lipinski definition) is 5. The number of nitrogens with zero attached hydrogens (tertiary/aromatic N) is 3. The number of aromatic nitrogens is 2. The molecule has 5 nitrogen and oxygen atoms in total. The predicted octanol–water partition coefficient (Wildman–Crippen LogP) is 1.57. The van der Waals surface area contributed by atoms with Crippen LogP contribution in [0.2, 0.25) is 0 Å². The Kier molecular flexibility index (Phi) is 4.08. The van der Waals surface area contributed by atoms with E-state index in [1.165, 1.54) is 0 Å². The second kappa shape index (κ2) is 5.11. The largest absolute Gasteiger partial charge is 0.339 e. The summed E-state index contributed by atoms with van der Waals surface area (Å²) in [5.41, 5.74) is 5.92. The van der Waals surface area contributed by atoms with Crippen LogP contribution in [0, 0.1) is 5.92 Å². The summed E-state index contributed by atoms with van der Waals surface area (Å²) in [6.45, 7) is 9.92. The SMILES string of the molecule is CCN(CC)c1noc([C@@H](N)C(C)C)n1. The summed E-state index contributed by atoms with van der Waals surface area (Å²) in [5.74, 6) is 1.45. The second-order valence-corrected chi connectivity index (χ2v) is 3.87. The molecule has 0 fully saturated rings. The van der Waals surface area contributed by atoms with Crippen molar-refractivity contribution in [1.82, 2.24) is 10.1 Å². The van der Waals surface area contributed by atoms with E-state index in [4.69, 9.17) is 10.3 Å². The first-order valence-electron chi connectivity index (χ1n) is 5.44. The maximum absolute atomic E-state index is 5.92. The van der Waals surface area contributed by atoms with Gasteiger partial charge in [-0.25, -0.2) is 0 Å². The third-order valence-electron chi connectivity index (χ3n) is 2.48. The molecule has 1 atom stereocenters. The number of anilines is 1. The molecule has 1 rings (SSSR count). The van der Waals surface area contributed by atoms with Gasteiger partial charge in [0.25, 0.3) is 5.95 Å². The van der Waals surface area contributed by atoms with Crippen molar-refractivity contribution < 1.29 is 4.52 Å². The van der Waals surface area contributed by atoms with Crippen LogP contribution in [0.4, 0.5) is 5.95 Å². The molecule has 0 spiro atoms. The number of nitrogens with two attached hydrogens (primary N) is 1. The molecule has 1 aromatic heterocycles. The summed E-state index contributed by atoms with van der Waals surface area (Å²) in [4.78, 5) is 6.32. The van der Waals surface area contributed by atoms with Crippen molar-refractivity contribution in [2.45, 2.75) is 33.7 Å². The molecule has 86 valence electrons. The fraction of sp³-hybridized carbons (Fsp3) is 0.800. The van der Waals surface area contributed by atoms with E-state index in [1.54, 1.807) is 0 Å². The second-order valence-electron chi connectivity index (χ2n) is 3.87. The van der Waals surface area contributed by atoms with Crippen molar-refractivity contribution in [2.75, 3.05) is 18.0 Å². The van der Waals surface area contributed by atoms with Crippen molar-refractivity contribution in [3.63, 3.8) is 0 Å². The van der Waals surface area contributed by atoms with Crippen LogP contribution >= 0.6 is 0 Å². The summed E-state index contributed by atoms with van der Waals surface area (Å²) in [5, 5.41) is 3.92. The Balaban J connectivity index is 2.79. The molecule has 1 heterocycles. The molecule has 0 saturated carbocycles. The van der Waals surface area contributed by atoms with Crippen LogP contribution in [0.1, 0.15) is 39.6 Å². The first kappa shape index (κ1) is 12.0. The lowest BCUT2D eigenvalue weighted by Gasteiger charge is -2.14. The Morgan fingerprint density at radius 3 is 2.40 bits per heavy atom. The zero-order valence-corrected chi connectivity index (χ0v) is 9.90. The van der Waals surface area contributed by atoms with Gasteiger partial charge in [0, 0.05) is 13.1 Å². The zero-order valence-electron chi connectivity index (χ0n) is 9.90. The molecule has 0 saturated heterocycles. The van der Waals surface area contributed by atoms with Gasteiger partial charge in [0.05, 0.1) is 6.04 Å². The lowest BCUT2D eigenvalue weighted by atomic mass is 10.1. The van der Waals surface area contributed by atoms with Crippen molar-refractivity contribution in [1.29, 1.82) is 0 Å². The van der Waals surface area contributed by atoms with Crippen LogP contribution in [0.15, 0.2) is 4.52 Å². The van der Waals surface area contributed by atoms with E-state index in [9.17, 15) is 0 Å². The van der Waals surface area contributed by atoms with Gasteiger partial charge in [-0.15, -0.1) is 0 Å². The molecule has 0 aliphatic carbocycles. The summed E-state index contributed by atoms with van der Waals surface area (Å²) in [6, 6.07) is -0.179. The molecule has 0 aliphatic rings. The molecule has 15 heavy (non-hydrogen) atoms. The summed E-state index contributed by atoms with van der Waals surface area (Å²) < 4.78 is 5.14. The highest BCUT2D eigenvalue weighted by molar-refractivity contribution is 5.27. The van der Waals surface area contributed by atoms with Crippen molar-refractivity contribution in [3.05, 3.63) is 5.89 Å². The highest BCUT2D eigenvalue weighted by Gasteiger charge is 2.19. The Hall–Kier alpha value is -1.10. The predicted molar refractivity (Wildman–Crippen MR) is 59.6 cm³/mol. The van der Waals surface area contributed by atoms with Crippen molar-refractivity contribution in [2.24, 2.45) is 11.7 Å². The Morgan fingerprint density at radius 2 is 1.93 bits per heavy atom. The molecule has 0 unspecified atom stereocenters. The zero-order chi connectivity index (χ0) is 11.4. The van der Waals surface area contributed by atoms with Crippen LogP contribution < -0.4 is 10.6 Å². The topological polar surface area (TPSA) is 68.2 Å². The van der Waals surface area contributed by atoms with Crippen molar-refractivity contribution in [3.8, 4) is 0 Å². The van der Waals surface area contributed by atoms with Crippen molar-refractivity contribution >= 4 is 5.95 Å². The number of rotatable bonds is 5. The fourth-order valence-electron chi connectivity index (χ4n) is 1.28. The standard InChI is InChI=1S/C10H20N4O/c1-5-14(6-2)10-12-9(15-13-10)8(11)7(3)4/h7-8H,5-6,11H2,1-4H3/t8-/m0/s1. The third-order valence-corrected chi connectivity index (χ3v) is 2.48. The van der Waals surface area contributed by atoms with Gasteiger partial charge >= 0.3 is 0 Å². The molecule has 0 aliphatic heterocycles. The van der Waals surface area contributed by atoms with Gasteiger partial charge in [-0.1, -0.05) is 13.8 Å². The monoisotopic (exact) mass is 212 g/mol. The smallest absolute Gasteiger partial charge is 0.266 e. The molecule has 0 amide bonds. The quantitative estimate of drug-likeness (QED) is 0.802. The average Bonchev–Trinajstić information content (AvgIpc) is 2.67. The molecule has 2 N–H and O–H groups in total. The maximum atomic E-state index is 5.92. The van der Waals surface area contributed by atoms with Gasteiger partial charge in [-0.2, -0.15) is 4.98 Å². The van der Waals surface area contributed by atoms with Gasteiger partial charge in [-0.3, -0.25) is 0 Å². The average molecular weight is 212 g/mol. The molecule has 0 radical (unpaired) electrons. The summed E-state index contributed by atoms with van der Waals surface area (Å²) in [6.07, 6.45) is 0. The van der Waals surface area contributed by atoms with Crippen LogP contribution in [-0.4, -0.2) is 23.2 Å². The van der Waals surface area contributed by atoms with Gasteiger partial charge in [0.2, 0.25) is 5.89 Å². The van der Waals surface area contributed by atoms with Crippen LogP contribution in [0.3, 0.4) is 0 Å². The molecule has 0 bridgehead atoms. The number of hydrogen-bond donors (Lipinski definition) is 1. The molecule has 1 aromatic rings. The van der Waals surface area contributed by atoms with Gasteiger partial charge < -0.3 is 15.2 Å². The minimum atomic E-state index is -0.179. The normalized spacial score (nSPS) is 13.2. The molecule has 5 heteroatoms. The van der Waals surface area contributed by atoms with Crippen LogP contribution in [0.25, 0.3) is 0 Å². The Labute approximate surface area is 90.6 Å². The first-order valence-corrected chi connectivity index (χ1v) is 5.44. The lowest BCUT2D eigenvalue weighted by molar-refractivity contribution is 0.324. The molecular weight excluding hydrogens is 192 g/mol.